The highest BCUT2D eigenvalue weighted by Crippen LogP contribution is 2.25. The first-order valence-corrected chi connectivity index (χ1v) is 10.3. The van der Waals surface area contributed by atoms with Crippen LogP contribution in [0.1, 0.15) is 39.5 Å². The normalized spacial score (nSPS) is 21.2. The molecule has 1 amide bonds. The molecule has 156 valence electrons. The first kappa shape index (κ1) is 21.9. The summed E-state index contributed by atoms with van der Waals surface area (Å²) < 4.78 is 5.35. The maximum atomic E-state index is 11.8. The third kappa shape index (κ3) is 8.45. The average molecular weight is 384 g/mol. The first-order valence-electron chi connectivity index (χ1n) is 10.3. The Balaban J connectivity index is 1.66. The van der Waals surface area contributed by atoms with Crippen LogP contribution in [-0.2, 0) is 9.53 Å². The SMILES string of the molecule is CCNC(=NCC(C)(O)CN1CCOCC1)NCCCNC(=O)C1CCC1. The third-order valence-corrected chi connectivity index (χ3v) is 5.01. The van der Waals surface area contributed by atoms with Gasteiger partial charge in [-0.1, -0.05) is 6.42 Å². The summed E-state index contributed by atoms with van der Waals surface area (Å²) in [5.41, 5.74) is -0.879. The number of carbonyl (C=O) groups excluding carboxylic acids is 1. The van der Waals surface area contributed by atoms with Crippen molar-refractivity contribution in [3.05, 3.63) is 0 Å². The van der Waals surface area contributed by atoms with E-state index in [1.165, 1.54) is 6.42 Å². The molecular formula is C19H37N5O3. The zero-order valence-corrected chi connectivity index (χ0v) is 16.9. The minimum absolute atomic E-state index is 0.195. The van der Waals surface area contributed by atoms with Crippen molar-refractivity contribution in [3.8, 4) is 0 Å². The van der Waals surface area contributed by atoms with Gasteiger partial charge in [-0.2, -0.15) is 0 Å². The number of ether oxygens (including phenoxy) is 1. The van der Waals surface area contributed by atoms with E-state index in [2.05, 4.69) is 25.8 Å². The molecule has 1 heterocycles. The predicted octanol–water partition coefficient (Wildman–Crippen LogP) is -0.0689. The summed E-state index contributed by atoms with van der Waals surface area (Å²) in [7, 11) is 0. The van der Waals surface area contributed by atoms with E-state index in [1.807, 2.05) is 13.8 Å². The number of morpholine rings is 1. The summed E-state index contributed by atoms with van der Waals surface area (Å²) in [6.45, 7) is 10.1. The average Bonchev–Trinajstić information content (AvgIpc) is 2.58. The monoisotopic (exact) mass is 383 g/mol. The third-order valence-electron chi connectivity index (χ3n) is 5.01. The Labute approximate surface area is 163 Å². The Kier molecular flexibility index (Phi) is 9.30. The lowest BCUT2D eigenvalue weighted by atomic mass is 9.85. The lowest BCUT2D eigenvalue weighted by Gasteiger charge is -2.33. The molecule has 2 rings (SSSR count). The fourth-order valence-electron chi connectivity index (χ4n) is 3.20. The molecular weight excluding hydrogens is 346 g/mol. The van der Waals surface area contributed by atoms with Crippen molar-refractivity contribution in [2.24, 2.45) is 10.9 Å². The number of hydrogen-bond donors (Lipinski definition) is 4. The molecule has 1 atom stereocenters. The minimum atomic E-state index is -0.879. The second kappa shape index (κ2) is 11.5. The molecule has 27 heavy (non-hydrogen) atoms. The van der Waals surface area contributed by atoms with Gasteiger partial charge < -0.3 is 25.8 Å². The maximum Gasteiger partial charge on any atom is 0.223 e. The van der Waals surface area contributed by atoms with Gasteiger partial charge in [0.05, 0.1) is 25.4 Å². The highest BCUT2D eigenvalue weighted by atomic mass is 16.5. The van der Waals surface area contributed by atoms with Crippen LogP contribution in [0.2, 0.25) is 0 Å². The zero-order chi connectivity index (χ0) is 19.5. The van der Waals surface area contributed by atoms with Gasteiger partial charge in [0.1, 0.15) is 0 Å². The fraction of sp³-hybridized carbons (Fsp3) is 0.895. The fourth-order valence-corrected chi connectivity index (χ4v) is 3.20. The molecule has 1 aliphatic heterocycles. The van der Waals surface area contributed by atoms with E-state index in [-0.39, 0.29) is 11.8 Å². The standard InChI is InChI=1S/C19H37N5O3/c1-3-20-18(22-9-5-8-21-17(25)16-6-4-7-16)23-14-19(2,26)15-24-10-12-27-13-11-24/h16,26H,3-15H2,1-2H3,(H,21,25)(H2,20,22,23). The minimum Gasteiger partial charge on any atom is -0.387 e. The van der Waals surface area contributed by atoms with Gasteiger partial charge in [-0.05, 0) is 33.1 Å². The van der Waals surface area contributed by atoms with Gasteiger partial charge in [0.2, 0.25) is 5.91 Å². The number of aliphatic imine (C=N–C) groups is 1. The number of hydrogen-bond acceptors (Lipinski definition) is 5. The summed E-state index contributed by atoms with van der Waals surface area (Å²) in [6.07, 6.45) is 4.09. The Morgan fingerprint density at radius 3 is 2.56 bits per heavy atom. The molecule has 8 heteroatoms. The highest BCUT2D eigenvalue weighted by molar-refractivity contribution is 5.80. The van der Waals surface area contributed by atoms with Crippen molar-refractivity contribution >= 4 is 11.9 Å². The highest BCUT2D eigenvalue weighted by Gasteiger charge is 2.25. The molecule has 1 saturated carbocycles. The molecule has 1 aliphatic carbocycles. The van der Waals surface area contributed by atoms with E-state index in [0.717, 1.165) is 58.7 Å². The lowest BCUT2D eigenvalue weighted by molar-refractivity contribution is -0.127. The Morgan fingerprint density at radius 2 is 1.93 bits per heavy atom. The van der Waals surface area contributed by atoms with Gasteiger partial charge in [-0.25, -0.2) is 0 Å². The van der Waals surface area contributed by atoms with E-state index < -0.39 is 5.60 Å². The molecule has 2 aliphatic rings. The predicted molar refractivity (Wildman–Crippen MR) is 107 cm³/mol. The lowest BCUT2D eigenvalue weighted by Crippen LogP contribution is -2.48. The van der Waals surface area contributed by atoms with Crippen molar-refractivity contribution in [2.45, 2.75) is 45.1 Å². The number of carbonyl (C=O) groups is 1. The molecule has 1 unspecified atom stereocenters. The van der Waals surface area contributed by atoms with Crippen LogP contribution in [0, 0.1) is 5.92 Å². The second-order valence-electron chi connectivity index (χ2n) is 7.78. The van der Waals surface area contributed by atoms with Crippen LogP contribution < -0.4 is 16.0 Å². The van der Waals surface area contributed by atoms with Crippen LogP contribution in [-0.4, -0.2) is 86.5 Å². The molecule has 0 radical (unpaired) electrons. The molecule has 0 spiro atoms. The van der Waals surface area contributed by atoms with Crippen molar-refractivity contribution < 1.29 is 14.6 Å². The topological polar surface area (TPSA) is 98.2 Å². The summed E-state index contributed by atoms with van der Waals surface area (Å²) in [5, 5.41) is 20.1. The van der Waals surface area contributed by atoms with Gasteiger partial charge in [-0.15, -0.1) is 0 Å². The molecule has 0 aromatic carbocycles. The Hall–Kier alpha value is -1.38. The van der Waals surface area contributed by atoms with Crippen molar-refractivity contribution in [1.29, 1.82) is 0 Å². The largest absolute Gasteiger partial charge is 0.387 e. The Bertz CT molecular complexity index is 474. The summed E-state index contributed by atoms with van der Waals surface area (Å²) >= 11 is 0. The van der Waals surface area contributed by atoms with E-state index >= 15 is 0 Å². The number of guanidine groups is 1. The molecule has 0 aromatic heterocycles. The number of amides is 1. The number of aliphatic hydroxyl groups is 1. The molecule has 8 nitrogen and oxygen atoms in total. The van der Waals surface area contributed by atoms with E-state index in [0.29, 0.717) is 25.6 Å². The summed E-state index contributed by atoms with van der Waals surface area (Å²) in [4.78, 5) is 18.5. The van der Waals surface area contributed by atoms with E-state index in [9.17, 15) is 9.90 Å². The quantitative estimate of drug-likeness (QED) is 0.240. The maximum absolute atomic E-state index is 11.8. The molecule has 0 bridgehead atoms. The van der Waals surface area contributed by atoms with Crippen LogP contribution in [0.5, 0.6) is 0 Å². The molecule has 2 fully saturated rings. The van der Waals surface area contributed by atoms with Gasteiger partial charge in [0.25, 0.3) is 0 Å². The molecule has 0 aromatic rings. The van der Waals surface area contributed by atoms with Crippen molar-refractivity contribution in [2.75, 3.05) is 59.0 Å². The van der Waals surface area contributed by atoms with Gasteiger partial charge in [0, 0.05) is 45.2 Å². The van der Waals surface area contributed by atoms with Gasteiger partial charge in [0.15, 0.2) is 5.96 Å². The van der Waals surface area contributed by atoms with Crippen molar-refractivity contribution in [3.63, 3.8) is 0 Å². The number of rotatable bonds is 10. The van der Waals surface area contributed by atoms with Crippen LogP contribution in [0.15, 0.2) is 4.99 Å². The molecule has 1 saturated heterocycles. The number of β-amino-alcohol motifs (C(OH)–C–C–N with tert-alkyl or cyclic N) is 1. The van der Waals surface area contributed by atoms with Crippen LogP contribution in [0.25, 0.3) is 0 Å². The first-order chi connectivity index (χ1) is 13.0. The number of nitrogens with one attached hydrogen (secondary N) is 3. The number of nitrogens with zero attached hydrogens (tertiary/aromatic N) is 2. The van der Waals surface area contributed by atoms with Crippen molar-refractivity contribution in [1.82, 2.24) is 20.9 Å². The van der Waals surface area contributed by atoms with Gasteiger partial charge >= 0.3 is 0 Å². The summed E-state index contributed by atoms with van der Waals surface area (Å²) in [6, 6.07) is 0. The summed E-state index contributed by atoms with van der Waals surface area (Å²) in [5.74, 6) is 1.14. The van der Waals surface area contributed by atoms with E-state index in [4.69, 9.17) is 4.74 Å². The van der Waals surface area contributed by atoms with Gasteiger partial charge in [-0.3, -0.25) is 14.7 Å². The Morgan fingerprint density at radius 1 is 1.22 bits per heavy atom. The van der Waals surface area contributed by atoms with Crippen LogP contribution in [0.4, 0.5) is 0 Å². The van der Waals surface area contributed by atoms with Crippen LogP contribution in [0.3, 0.4) is 0 Å². The van der Waals surface area contributed by atoms with Crippen LogP contribution >= 0.6 is 0 Å². The molecule has 4 N–H and O–H groups in total. The second-order valence-corrected chi connectivity index (χ2v) is 7.78. The smallest absolute Gasteiger partial charge is 0.223 e. The van der Waals surface area contributed by atoms with E-state index in [1.54, 1.807) is 0 Å². The zero-order valence-electron chi connectivity index (χ0n) is 16.9.